The van der Waals surface area contributed by atoms with Gasteiger partial charge in [-0.25, -0.2) is 4.68 Å². The Morgan fingerprint density at radius 3 is 2.56 bits per heavy atom. The van der Waals surface area contributed by atoms with Gasteiger partial charge >= 0.3 is 0 Å². The van der Waals surface area contributed by atoms with Crippen molar-refractivity contribution < 1.29 is 4.42 Å². The van der Waals surface area contributed by atoms with Gasteiger partial charge < -0.3 is 10.2 Å². The average molecular weight is 304 g/mol. The first kappa shape index (κ1) is 11.1. The zero-order valence-corrected chi connectivity index (χ0v) is 11.0. The van der Waals surface area contributed by atoms with Gasteiger partial charge in [-0.1, -0.05) is 18.2 Å². The molecule has 2 aromatic heterocycles. The number of anilines is 1. The minimum absolute atomic E-state index is 0.584. The van der Waals surface area contributed by atoms with Crippen LogP contribution in [0.4, 0.5) is 5.69 Å². The van der Waals surface area contributed by atoms with Crippen LogP contribution >= 0.6 is 15.9 Å². The maximum absolute atomic E-state index is 5.96. The molecule has 0 aliphatic rings. The van der Waals surface area contributed by atoms with Gasteiger partial charge in [0, 0.05) is 0 Å². The second kappa shape index (κ2) is 4.34. The van der Waals surface area contributed by atoms with Gasteiger partial charge in [0.1, 0.15) is 0 Å². The van der Waals surface area contributed by atoms with Gasteiger partial charge in [-0.3, -0.25) is 0 Å². The highest BCUT2D eigenvalue weighted by atomic mass is 79.9. The maximum atomic E-state index is 5.96. The smallest absolute Gasteiger partial charge is 0.169 e. The lowest BCUT2D eigenvalue weighted by Crippen LogP contribution is -1.93. The van der Waals surface area contributed by atoms with E-state index >= 15 is 0 Å². The van der Waals surface area contributed by atoms with Crippen molar-refractivity contribution in [2.75, 3.05) is 5.73 Å². The van der Waals surface area contributed by atoms with E-state index in [-0.39, 0.29) is 0 Å². The van der Waals surface area contributed by atoms with Crippen LogP contribution in [0.25, 0.3) is 17.1 Å². The van der Waals surface area contributed by atoms with Gasteiger partial charge in [0.15, 0.2) is 16.1 Å². The first-order valence-electron chi connectivity index (χ1n) is 5.40. The van der Waals surface area contributed by atoms with Gasteiger partial charge in [0.2, 0.25) is 0 Å². The number of nitrogens with two attached hydrogens (primary N) is 1. The largest absolute Gasteiger partial charge is 0.448 e. The van der Waals surface area contributed by atoms with Crippen LogP contribution in [-0.2, 0) is 0 Å². The first-order chi connectivity index (χ1) is 8.74. The Morgan fingerprint density at radius 1 is 1.11 bits per heavy atom. The topological polar surface area (TPSA) is 57.0 Å². The quantitative estimate of drug-likeness (QED) is 0.788. The van der Waals surface area contributed by atoms with Crippen molar-refractivity contribution >= 4 is 21.6 Å². The molecule has 90 valence electrons. The van der Waals surface area contributed by atoms with Gasteiger partial charge in [0.05, 0.1) is 17.6 Å². The third-order valence-corrected chi connectivity index (χ3v) is 3.00. The summed E-state index contributed by atoms with van der Waals surface area (Å²) >= 11 is 3.26. The second-order valence-electron chi connectivity index (χ2n) is 3.82. The lowest BCUT2D eigenvalue weighted by molar-refractivity contribution is 0.553. The van der Waals surface area contributed by atoms with Crippen molar-refractivity contribution in [3.05, 3.63) is 53.3 Å². The third-order valence-electron chi connectivity index (χ3n) is 2.57. The Bertz CT molecular complexity index is 673. The summed E-state index contributed by atoms with van der Waals surface area (Å²) in [5, 5.41) is 4.44. The van der Waals surface area contributed by atoms with Gasteiger partial charge in [-0.15, -0.1) is 0 Å². The molecule has 18 heavy (non-hydrogen) atoms. The number of aromatic nitrogens is 2. The number of hydrogen-bond acceptors (Lipinski definition) is 3. The number of nitrogens with zero attached hydrogens (tertiary/aromatic N) is 2. The molecule has 0 saturated heterocycles. The predicted octanol–water partition coefficient (Wildman–Crippen LogP) is 3.48. The number of halogens is 1. The number of benzene rings is 1. The zero-order valence-electron chi connectivity index (χ0n) is 9.38. The molecule has 0 amide bonds. The lowest BCUT2D eigenvalue weighted by Gasteiger charge is -1.98. The van der Waals surface area contributed by atoms with Crippen LogP contribution in [-0.4, -0.2) is 9.78 Å². The molecule has 4 nitrogen and oxygen atoms in total. The molecule has 0 unspecified atom stereocenters. The molecule has 0 spiro atoms. The van der Waals surface area contributed by atoms with Crippen molar-refractivity contribution in [1.29, 1.82) is 0 Å². The molecule has 1 aromatic carbocycles. The molecule has 0 saturated carbocycles. The lowest BCUT2D eigenvalue weighted by atomic mass is 10.3. The van der Waals surface area contributed by atoms with E-state index in [0.717, 1.165) is 5.69 Å². The summed E-state index contributed by atoms with van der Waals surface area (Å²) in [4.78, 5) is 0. The number of rotatable bonds is 2. The van der Waals surface area contributed by atoms with Crippen LogP contribution < -0.4 is 5.73 Å². The van der Waals surface area contributed by atoms with E-state index in [9.17, 15) is 0 Å². The Morgan fingerprint density at radius 2 is 1.89 bits per heavy atom. The third kappa shape index (κ3) is 1.93. The van der Waals surface area contributed by atoms with E-state index in [1.54, 1.807) is 10.9 Å². The SMILES string of the molecule is Nc1cn(-c2ccccc2)nc1-c1ccc(Br)o1. The standard InChI is InChI=1S/C13H10BrN3O/c14-12-7-6-11(18-12)13-10(15)8-17(16-13)9-4-2-1-3-5-9/h1-8H,15H2. The Labute approximate surface area is 112 Å². The van der Waals surface area contributed by atoms with Gasteiger partial charge in [-0.05, 0) is 40.2 Å². The van der Waals surface area contributed by atoms with Crippen LogP contribution in [0, 0.1) is 0 Å². The molecule has 0 radical (unpaired) electrons. The fourth-order valence-electron chi connectivity index (χ4n) is 1.73. The van der Waals surface area contributed by atoms with Gasteiger partial charge in [-0.2, -0.15) is 5.10 Å². The number of hydrogen-bond donors (Lipinski definition) is 1. The van der Waals surface area contributed by atoms with E-state index in [0.29, 0.717) is 21.8 Å². The molecule has 0 fully saturated rings. The average Bonchev–Trinajstić information content (AvgIpc) is 2.97. The summed E-state index contributed by atoms with van der Waals surface area (Å²) in [5.41, 5.74) is 8.15. The normalized spacial score (nSPS) is 10.7. The van der Waals surface area contributed by atoms with Crippen LogP contribution in [0.3, 0.4) is 0 Å². The summed E-state index contributed by atoms with van der Waals surface area (Å²) in [6.45, 7) is 0. The van der Waals surface area contributed by atoms with Crippen molar-refractivity contribution in [1.82, 2.24) is 9.78 Å². The molecule has 0 aliphatic carbocycles. The van der Waals surface area contributed by atoms with Crippen molar-refractivity contribution in [3.8, 4) is 17.1 Å². The molecular formula is C13H10BrN3O. The predicted molar refractivity (Wildman–Crippen MR) is 73.4 cm³/mol. The fraction of sp³-hybridized carbons (Fsp3) is 0. The Balaban J connectivity index is 2.06. The highest BCUT2D eigenvalue weighted by Crippen LogP contribution is 2.28. The van der Waals surface area contributed by atoms with E-state index < -0.39 is 0 Å². The fourth-order valence-corrected chi connectivity index (χ4v) is 2.04. The maximum Gasteiger partial charge on any atom is 0.169 e. The second-order valence-corrected chi connectivity index (χ2v) is 4.60. The van der Waals surface area contributed by atoms with Crippen LogP contribution in [0.1, 0.15) is 0 Å². The minimum atomic E-state index is 0.584. The summed E-state index contributed by atoms with van der Waals surface area (Å²) in [6, 6.07) is 13.4. The summed E-state index contributed by atoms with van der Waals surface area (Å²) in [6.07, 6.45) is 1.78. The monoisotopic (exact) mass is 303 g/mol. The van der Waals surface area contributed by atoms with E-state index in [1.807, 2.05) is 42.5 Å². The highest BCUT2D eigenvalue weighted by molar-refractivity contribution is 9.10. The van der Waals surface area contributed by atoms with Gasteiger partial charge in [0.25, 0.3) is 0 Å². The Kier molecular flexibility index (Phi) is 2.68. The summed E-state index contributed by atoms with van der Waals surface area (Å²) < 4.78 is 7.86. The van der Waals surface area contributed by atoms with E-state index in [1.165, 1.54) is 0 Å². The molecule has 3 rings (SSSR count). The van der Waals surface area contributed by atoms with Crippen LogP contribution in [0.5, 0.6) is 0 Å². The molecular weight excluding hydrogens is 294 g/mol. The van der Waals surface area contributed by atoms with Crippen LogP contribution in [0.2, 0.25) is 0 Å². The highest BCUT2D eigenvalue weighted by Gasteiger charge is 2.12. The van der Waals surface area contributed by atoms with Crippen molar-refractivity contribution in [3.63, 3.8) is 0 Å². The molecule has 5 heteroatoms. The molecule has 2 N–H and O–H groups in total. The molecule has 0 aliphatic heterocycles. The first-order valence-corrected chi connectivity index (χ1v) is 6.19. The van der Waals surface area contributed by atoms with E-state index in [2.05, 4.69) is 21.0 Å². The number of furan rings is 1. The van der Waals surface area contributed by atoms with Crippen molar-refractivity contribution in [2.24, 2.45) is 0 Å². The molecule has 3 aromatic rings. The summed E-state index contributed by atoms with van der Waals surface area (Å²) in [7, 11) is 0. The number of para-hydroxylation sites is 1. The van der Waals surface area contributed by atoms with E-state index in [4.69, 9.17) is 10.2 Å². The molecule has 2 heterocycles. The molecule has 0 bridgehead atoms. The number of nitrogen functional groups attached to an aromatic ring is 1. The minimum Gasteiger partial charge on any atom is -0.448 e. The van der Waals surface area contributed by atoms with Crippen LogP contribution in [0.15, 0.2) is 57.7 Å². The summed E-state index contributed by atoms with van der Waals surface area (Å²) in [5.74, 6) is 0.647. The Hall–Kier alpha value is -2.01. The van der Waals surface area contributed by atoms with Crippen molar-refractivity contribution in [2.45, 2.75) is 0 Å². The zero-order chi connectivity index (χ0) is 12.5. The molecule has 0 atom stereocenters.